The van der Waals surface area contributed by atoms with E-state index < -0.39 is 12.2 Å². The summed E-state index contributed by atoms with van der Waals surface area (Å²) in [7, 11) is 0. The molecular weight excluding hydrogens is 466 g/mol. The van der Waals surface area contributed by atoms with Crippen LogP contribution in [0.25, 0.3) is 0 Å². The van der Waals surface area contributed by atoms with E-state index in [-0.39, 0.29) is 43.4 Å². The Kier molecular flexibility index (Phi) is 9.70. The molecule has 0 spiro atoms. The lowest BCUT2D eigenvalue weighted by Gasteiger charge is -2.55. The first kappa shape index (κ1) is 27.8. The highest BCUT2D eigenvalue weighted by Gasteiger charge is 2.51. The number of hydrazine groups is 1. The van der Waals surface area contributed by atoms with Gasteiger partial charge in [0.15, 0.2) is 0 Å². The largest absolute Gasteiger partial charge is 0.337 e. The summed E-state index contributed by atoms with van der Waals surface area (Å²) in [5.74, 6) is 2.43. The molecule has 4 amide bonds. The van der Waals surface area contributed by atoms with Crippen molar-refractivity contribution in [3.05, 3.63) is 72.9 Å². The summed E-state index contributed by atoms with van der Waals surface area (Å²) in [5.41, 5.74) is 1.91. The van der Waals surface area contributed by atoms with E-state index in [1.807, 2.05) is 50.3 Å². The van der Waals surface area contributed by atoms with Crippen LogP contribution in [-0.4, -0.2) is 76.0 Å². The molecule has 2 aliphatic heterocycles. The van der Waals surface area contributed by atoms with Gasteiger partial charge in [0.05, 0.1) is 19.6 Å². The minimum absolute atomic E-state index is 0.0655. The van der Waals surface area contributed by atoms with E-state index in [0.717, 1.165) is 11.1 Å². The molecule has 0 bridgehead atoms. The number of allylic oxidation sites excluding steroid dienone is 3. The van der Waals surface area contributed by atoms with Crippen molar-refractivity contribution >= 4 is 17.8 Å². The molecule has 0 aromatic heterocycles. The number of hydrogen-bond acceptors (Lipinski definition) is 4. The Hall–Kier alpha value is -3.83. The number of benzene rings is 1. The Morgan fingerprint density at radius 2 is 1.97 bits per heavy atom. The van der Waals surface area contributed by atoms with Gasteiger partial charge in [0, 0.05) is 13.1 Å². The van der Waals surface area contributed by atoms with Crippen molar-refractivity contribution in [2.75, 3.05) is 26.2 Å². The lowest BCUT2D eigenvalue weighted by molar-refractivity contribution is -0.189. The monoisotopic (exact) mass is 503 g/mol. The third kappa shape index (κ3) is 6.69. The number of piperazine rings is 1. The fourth-order valence-corrected chi connectivity index (χ4v) is 4.84. The molecule has 1 unspecified atom stereocenters. The zero-order valence-electron chi connectivity index (χ0n) is 21.8. The van der Waals surface area contributed by atoms with Gasteiger partial charge in [-0.15, -0.1) is 6.42 Å². The number of terminal acetylenes is 1. The molecule has 0 saturated carbocycles. The molecule has 3 rings (SSSR count). The fourth-order valence-electron chi connectivity index (χ4n) is 4.84. The minimum Gasteiger partial charge on any atom is -0.337 e. The molecule has 1 N–H and O–H groups in total. The Morgan fingerprint density at radius 1 is 1.24 bits per heavy atom. The van der Waals surface area contributed by atoms with Gasteiger partial charge in [-0.3, -0.25) is 9.59 Å². The highest BCUT2D eigenvalue weighted by atomic mass is 16.2. The normalized spacial score (nSPS) is 20.5. The number of rotatable bonds is 10. The highest BCUT2D eigenvalue weighted by molar-refractivity contribution is 5.91. The molecule has 196 valence electrons. The van der Waals surface area contributed by atoms with E-state index in [2.05, 4.69) is 24.4 Å². The number of nitrogens with one attached hydrogen (secondary N) is 1. The number of carbonyl (C=O) groups is 3. The molecule has 0 radical (unpaired) electrons. The molecule has 8 nitrogen and oxygen atoms in total. The van der Waals surface area contributed by atoms with E-state index in [1.54, 1.807) is 27.0 Å². The van der Waals surface area contributed by atoms with Gasteiger partial charge < -0.3 is 15.1 Å². The van der Waals surface area contributed by atoms with Gasteiger partial charge in [-0.25, -0.2) is 9.80 Å². The van der Waals surface area contributed by atoms with Crippen molar-refractivity contribution in [1.29, 1.82) is 0 Å². The first-order chi connectivity index (χ1) is 17.8. The molecule has 8 heteroatoms. The zero-order chi connectivity index (χ0) is 26.9. The third-order valence-electron chi connectivity index (χ3n) is 6.56. The van der Waals surface area contributed by atoms with Gasteiger partial charge in [0.2, 0.25) is 11.8 Å². The van der Waals surface area contributed by atoms with Crippen molar-refractivity contribution in [2.24, 2.45) is 5.92 Å². The first-order valence-electron chi connectivity index (χ1n) is 12.6. The Labute approximate surface area is 220 Å². The van der Waals surface area contributed by atoms with Crippen molar-refractivity contribution < 1.29 is 14.4 Å². The number of urea groups is 1. The van der Waals surface area contributed by atoms with E-state index in [1.165, 1.54) is 5.01 Å². The standard InChI is InChI=1S/C29H37N5O3/c1-6-12-23(8-3)15-17-31-20-26-33(25(28(31)36)18-22(4)5)27(35)21-32(16-7-2)34(26)29(37)30-19-24-13-10-9-11-14-24/h2,6,8-14,22,25-26H,1,3,15-21H2,4-5H3,(H,30,37)/b23-12+/t25-,26?/m0/s1. The smallest absolute Gasteiger partial charge is 0.334 e. The van der Waals surface area contributed by atoms with Crippen LogP contribution in [0.15, 0.2) is 67.3 Å². The predicted molar refractivity (Wildman–Crippen MR) is 144 cm³/mol. The zero-order valence-corrected chi connectivity index (χ0v) is 21.8. The summed E-state index contributed by atoms with van der Waals surface area (Å²) < 4.78 is 0. The average Bonchev–Trinajstić information content (AvgIpc) is 2.87. The Bertz CT molecular complexity index is 1070. The summed E-state index contributed by atoms with van der Waals surface area (Å²) in [5, 5.41) is 6.09. The highest BCUT2D eigenvalue weighted by Crippen LogP contribution is 2.29. The van der Waals surface area contributed by atoms with Crippen molar-refractivity contribution in [3.63, 3.8) is 0 Å². The summed E-state index contributed by atoms with van der Waals surface area (Å²) in [6, 6.07) is 8.58. The second-order valence-electron chi connectivity index (χ2n) is 9.66. The van der Waals surface area contributed by atoms with Crippen LogP contribution >= 0.6 is 0 Å². The van der Waals surface area contributed by atoms with Gasteiger partial charge in [0.25, 0.3) is 0 Å². The second kappa shape index (κ2) is 12.9. The van der Waals surface area contributed by atoms with E-state index in [4.69, 9.17) is 6.42 Å². The molecule has 1 aromatic carbocycles. The molecular formula is C29H37N5O3. The fraction of sp³-hybridized carbons (Fsp3) is 0.414. The van der Waals surface area contributed by atoms with Gasteiger partial charge in [0.1, 0.15) is 12.2 Å². The lowest BCUT2D eigenvalue weighted by atomic mass is 9.96. The molecule has 2 heterocycles. The molecule has 2 fully saturated rings. The van der Waals surface area contributed by atoms with Crippen molar-refractivity contribution in [2.45, 2.75) is 45.4 Å². The van der Waals surface area contributed by atoms with Crippen LogP contribution < -0.4 is 5.32 Å². The minimum atomic E-state index is -0.664. The maximum Gasteiger partial charge on any atom is 0.334 e. The molecule has 2 atom stereocenters. The summed E-state index contributed by atoms with van der Waals surface area (Å²) in [6.07, 6.45) is 11.3. The second-order valence-corrected chi connectivity index (χ2v) is 9.66. The van der Waals surface area contributed by atoms with Crippen molar-refractivity contribution in [3.8, 4) is 12.3 Å². The first-order valence-corrected chi connectivity index (χ1v) is 12.6. The van der Waals surface area contributed by atoms with Gasteiger partial charge in [-0.2, -0.15) is 5.01 Å². The van der Waals surface area contributed by atoms with Gasteiger partial charge >= 0.3 is 6.03 Å². The van der Waals surface area contributed by atoms with Crippen LogP contribution in [0.5, 0.6) is 0 Å². The maximum absolute atomic E-state index is 13.6. The lowest BCUT2D eigenvalue weighted by Crippen LogP contribution is -2.76. The average molecular weight is 504 g/mol. The van der Waals surface area contributed by atoms with Crippen molar-refractivity contribution in [1.82, 2.24) is 25.1 Å². The molecule has 37 heavy (non-hydrogen) atoms. The molecule has 2 saturated heterocycles. The summed E-state index contributed by atoms with van der Waals surface area (Å²) in [4.78, 5) is 43.9. The van der Waals surface area contributed by atoms with E-state index in [0.29, 0.717) is 25.9 Å². The molecule has 0 aliphatic carbocycles. The van der Waals surface area contributed by atoms with Crippen LogP contribution in [0.2, 0.25) is 0 Å². The van der Waals surface area contributed by atoms with Crippen LogP contribution in [0, 0.1) is 18.3 Å². The predicted octanol–water partition coefficient (Wildman–Crippen LogP) is 3.16. The van der Waals surface area contributed by atoms with Crippen LogP contribution in [0.3, 0.4) is 0 Å². The number of nitrogens with zero attached hydrogens (tertiary/aromatic N) is 4. The quantitative estimate of drug-likeness (QED) is 0.393. The summed E-state index contributed by atoms with van der Waals surface area (Å²) in [6.45, 7) is 12.6. The van der Waals surface area contributed by atoms with Crippen LogP contribution in [-0.2, 0) is 16.1 Å². The molecule has 2 aliphatic rings. The summed E-state index contributed by atoms with van der Waals surface area (Å²) >= 11 is 0. The molecule has 1 aromatic rings. The third-order valence-corrected chi connectivity index (χ3v) is 6.56. The van der Waals surface area contributed by atoms with Crippen LogP contribution in [0.1, 0.15) is 32.3 Å². The van der Waals surface area contributed by atoms with E-state index >= 15 is 0 Å². The number of carbonyl (C=O) groups excluding carboxylic acids is 3. The van der Waals surface area contributed by atoms with Gasteiger partial charge in [-0.1, -0.05) is 81.5 Å². The van der Waals surface area contributed by atoms with Gasteiger partial charge in [-0.05, 0) is 29.9 Å². The van der Waals surface area contributed by atoms with E-state index in [9.17, 15) is 14.4 Å². The number of hydrogen-bond donors (Lipinski definition) is 1. The van der Waals surface area contributed by atoms with Crippen LogP contribution in [0.4, 0.5) is 4.79 Å². The topological polar surface area (TPSA) is 76.2 Å². The Morgan fingerprint density at radius 3 is 2.59 bits per heavy atom. The number of amides is 4. The Balaban J connectivity index is 1.92. The maximum atomic E-state index is 13.6. The number of fused-ring (bicyclic) bond motifs is 1. The SMILES string of the molecule is C#CCN1CC(=O)N2C(CN(CC/C(C=C)=C/C=C)C(=O)[C@@H]2CC(C)C)N1C(=O)NCc1ccccc1.